The summed E-state index contributed by atoms with van der Waals surface area (Å²) in [6.45, 7) is 6.48. The van der Waals surface area contributed by atoms with Crippen molar-refractivity contribution < 1.29 is 0 Å². The van der Waals surface area contributed by atoms with Crippen LogP contribution in [-0.2, 0) is 0 Å². The van der Waals surface area contributed by atoms with E-state index in [-0.39, 0.29) is 0 Å². The van der Waals surface area contributed by atoms with Crippen LogP contribution in [0.15, 0.2) is 54.6 Å². The first-order valence-corrected chi connectivity index (χ1v) is 6.26. The van der Waals surface area contributed by atoms with Crippen LogP contribution >= 0.6 is 0 Å². The molecule has 1 nitrogen and oxygen atoms in total. The molecule has 2 aromatic rings. The number of hydrogen-bond acceptors (Lipinski definition) is 1. The first-order valence-electron chi connectivity index (χ1n) is 6.26. The molecule has 0 aliphatic rings. The van der Waals surface area contributed by atoms with Gasteiger partial charge < -0.3 is 4.90 Å². The largest absolute Gasteiger partial charge is 0.372 e. The lowest BCUT2D eigenvalue weighted by Crippen LogP contribution is -2.22. The Morgan fingerprint density at radius 1 is 0.765 bits per heavy atom. The van der Waals surface area contributed by atoms with Crippen molar-refractivity contribution in [2.45, 2.75) is 13.8 Å². The molecule has 2 rings (SSSR count). The SMILES string of the molecule is CCN(CC)c1ccccc1-c1ccccc1. The van der Waals surface area contributed by atoms with Crippen molar-refractivity contribution in [3.05, 3.63) is 54.6 Å². The van der Waals surface area contributed by atoms with E-state index in [2.05, 4.69) is 73.3 Å². The molecule has 0 aromatic heterocycles. The van der Waals surface area contributed by atoms with Crippen molar-refractivity contribution in [2.24, 2.45) is 0 Å². The first kappa shape index (κ1) is 11.7. The Balaban J connectivity index is 2.48. The van der Waals surface area contributed by atoms with Gasteiger partial charge in [-0.05, 0) is 25.5 Å². The molecule has 1 heteroatoms. The van der Waals surface area contributed by atoms with Crippen molar-refractivity contribution in [2.75, 3.05) is 18.0 Å². The van der Waals surface area contributed by atoms with Gasteiger partial charge in [-0.15, -0.1) is 0 Å². The Labute approximate surface area is 104 Å². The monoisotopic (exact) mass is 225 g/mol. The number of rotatable bonds is 4. The van der Waals surface area contributed by atoms with Gasteiger partial charge in [-0.25, -0.2) is 0 Å². The molecular formula is C16H19N. The minimum atomic E-state index is 1.04. The zero-order valence-electron chi connectivity index (χ0n) is 10.6. The van der Waals surface area contributed by atoms with Gasteiger partial charge in [0.15, 0.2) is 0 Å². The maximum Gasteiger partial charge on any atom is 0.0445 e. The minimum absolute atomic E-state index is 1.04. The molecule has 2 aromatic carbocycles. The Morgan fingerprint density at radius 3 is 2.00 bits per heavy atom. The number of hydrogen-bond donors (Lipinski definition) is 0. The fourth-order valence-corrected chi connectivity index (χ4v) is 2.18. The number of nitrogens with zero attached hydrogens (tertiary/aromatic N) is 1. The molecule has 0 atom stereocenters. The molecule has 0 radical (unpaired) electrons. The van der Waals surface area contributed by atoms with E-state index in [0.717, 1.165) is 13.1 Å². The fraction of sp³-hybridized carbons (Fsp3) is 0.250. The molecule has 0 heterocycles. The smallest absolute Gasteiger partial charge is 0.0445 e. The van der Waals surface area contributed by atoms with E-state index in [9.17, 15) is 0 Å². The minimum Gasteiger partial charge on any atom is -0.372 e. The third-order valence-corrected chi connectivity index (χ3v) is 3.09. The lowest BCUT2D eigenvalue weighted by molar-refractivity contribution is 0.867. The molecule has 0 bridgehead atoms. The topological polar surface area (TPSA) is 3.24 Å². The zero-order valence-corrected chi connectivity index (χ0v) is 10.6. The highest BCUT2D eigenvalue weighted by Gasteiger charge is 2.08. The second-order valence-corrected chi connectivity index (χ2v) is 4.06. The van der Waals surface area contributed by atoms with Gasteiger partial charge in [0.1, 0.15) is 0 Å². The summed E-state index contributed by atoms with van der Waals surface area (Å²) in [6, 6.07) is 19.2. The Bertz CT molecular complexity index is 458. The third-order valence-electron chi connectivity index (χ3n) is 3.09. The van der Waals surface area contributed by atoms with E-state index in [4.69, 9.17) is 0 Å². The van der Waals surface area contributed by atoms with Crippen LogP contribution < -0.4 is 4.90 Å². The normalized spacial score (nSPS) is 10.2. The quantitative estimate of drug-likeness (QED) is 0.753. The highest BCUT2D eigenvalue weighted by molar-refractivity contribution is 5.78. The Morgan fingerprint density at radius 2 is 1.35 bits per heavy atom. The maximum absolute atomic E-state index is 2.39. The fourth-order valence-electron chi connectivity index (χ4n) is 2.18. The average molecular weight is 225 g/mol. The van der Waals surface area contributed by atoms with Gasteiger partial charge in [0.05, 0.1) is 0 Å². The van der Waals surface area contributed by atoms with Crippen LogP contribution in [0.25, 0.3) is 11.1 Å². The molecule has 17 heavy (non-hydrogen) atoms. The van der Waals surface area contributed by atoms with Gasteiger partial charge in [0.25, 0.3) is 0 Å². The predicted octanol–water partition coefficient (Wildman–Crippen LogP) is 4.20. The van der Waals surface area contributed by atoms with Gasteiger partial charge in [-0.2, -0.15) is 0 Å². The molecular weight excluding hydrogens is 206 g/mol. The molecule has 0 fully saturated rings. The lowest BCUT2D eigenvalue weighted by Gasteiger charge is -2.24. The van der Waals surface area contributed by atoms with Gasteiger partial charge in [0, 0.05) is 24.3 Å². The van der Waals surface area contributed by atoms with Crippen molar-refractivity contribution in [3.63, 3.8) is 0 Å². The molecule has 0 amide bonds. The maximum atomic E-state index is 2.39. The molecule has 0 aliphatic carbocycles. The molecule has 0 aliphatic heterocycles. The van der Waals surface area contributed by atoms with Crippen molar-refractivity contribution in [1.29, 1.82) is 0 Å². The molecule has 0 saturated carbocycles. The summed E-state index contributed by atoms with van der Waals surface area (Å²) in [5.41, 5.74) is 3.93. The van der Waals surface area contributed by atoms with Crippen LogP contribution in [0.4, 0.5) is 5.69 Å². The van der Waals surface area contributed by atoms with Crippen molar-refractivity contribution in [1.82, 2.24) is 0 Å². The lowest BCUT2D eigenvalue weighted by atomic mass is 10.0. The predicted molar refractivity (Wildman–Crippen MR) is 75.4 cm³/mol. The zero-order chi connectivity index (χ0) is 12.1. The van der Waals surface area contributed by atoms with Crippen LogP contribution in [0.3, 0.4) is 0 Å². The van der Waals surface area contributed by atoms with Gasteiger partial charge in [0.2, 0.25) is 0 Å². The third kappa shape index (κ3) is 2.50. The van der Waals surface area contributed by atoms with Gasteiger partial charge >= 0.3 is 0 Å². The van der Waals surface area contributed by atoms with Crippen LogP contribution in [0.5, 0.6) is 0 Å². The summed E-state index contributed by atoms with van der Waals surface area (Å²) in [7, 11) is 0. The highest BCUT2D eigenvalue weighted by Crippen LogP contribution is 2.30. The van der Waals surface area contributed by atoms with Crippen LogP contribution in [0.2, 0.25) is 0 Å². The summed E-state index contributed by atoms with van der Waals surface area (Å²) in [6.07, 6.45) is 0. The highest BCUT2D eigenvalue weighted by atomic mass is 15.1. The number of benzene rings is 2. The number of para-hydroxylation sites is 1. The summed E-state index contributed by atoms with van der Waals surface area (Å²) in [5.74, 6) is 0. The van der Waals surface area contributed by atoms with Gasteiger partial charge in [-0.1, -0.05) is 48.5 Å². The number of anilines is 1. The summed E-state index contributed by atoms with van der Waals surface area (Å²) >= 11 is 0. The molecule has 88 valence electrons. The van der Waals surface area contributed by atoms with E-state index >= 15 is 0 Å². The van der Waals surface area contributed by atoms with E-state index in [1.165, 1.54) is 16.8 Å². The van der Waals surface area contributed by atoms with Crippen molar-refractivity contribution in [3.8, 4) is 11.1 Å². The second-order valence-electron chi connectivity index (χ2n) is 4.06. The van der Waals surface area contributed by atoms with Gasteiger partial charge in [-0.3, -0.25) is 0 Å². The summed E-state index contributed by atoms with van der Waals surface area (Å²) < 4.78 is 0. The van der Waals surface area contributed by atoms with E-state index in [1.54, 1.807) is 0 Å². The standard InChI is InChI=1S/C16H19N/c1-3-17(4-2)16-13-9-8-12-15(16)14-10-6-5-7-11-14/h5-13H,3-4H2,1-2H3. The van der Waals surface area contributed by atoms with Crippen molar-refractivity contribution >= 4 is 5.69 Å². The van der Waals surface area contributed by atoms with Crippen LogP contribution in [0, 0.1) is 0 Å². The second kappa shape index (κ2) is 5.53. The summed E-state index contributed by atoms with van der Waals surface area (Å²) in [5, 5.41) is 0. The molecule has 0 unspecified atom stereocenters. The molecule has 0 N–H and O–H groups in total. The molecule has 0 spiro atoms. The average Bonchev–Trinajstić information content (AvgIpc) is 2.42. The van der Waals surface area contributed by atoms with E-state index in [1.807, 2.05) is 0 Å². The molecule has 0 saturated heterocycles. The van der Waals surface area contributed by atoms with Crippen LogP contribution in [0.1, 0.15) is 13.8 Å². The Kier molecular flexibility index (Phi) is 3.81. The Hall–Kier alpha value is -1.76. The van der Waals surface area contributed by atoms with E-state index < -0.39 is 0 Å². The summed E-state index contributed by atoms with van der Waals surface area (Å²) in [4.78, 5) is 2.39. The van der Waals surface area contributed by atoms with E-state index in [0.29, 0.717) is 0 Å². The first-order chi connectivity index (χ1) is 8.36. The van der Waals surface area contributed by atoms with Crippen LogP contribution in [-0.4, -0.2) is 13.1 Å².